The zero-order valence-corrected chi connectivity index (χ0v) is 20.1. The molecule has 0 saturated carbocycles. The van der Waals surface area contributed by atoms with Crippen LogP contribution in [0.3, 0.4) is 0 Å². The fourth-order valence-electron chi connectivity index (χ4n) is 4.41. The van der Waals surface area contributed by atoms with Gasteiger partial charge in [-0.1, -0.05) is 24.3 Å². The SMILES string of the molecule is COc1cccc(CN(Cc2cccc(-n3cccn3)c2)c2ccnc(CN3CCOCC3)c2)c1. The molecule has 35 heavy (non-hydrogen) atoms. The summed E-state index contributed by atoms with van der Waals surface area (Å²) in [6.07, 6.45) is 5.69. The van der Waals surface area contributed by atoms with E-state index in [4.69, 9.17) is 9.47 Å². The lowest BCUT2D eigenvalue weighted by molar-refractivity contribution is 0.0336. The summed E-state index contributed by atoms with van der Waals surface area (Å²) in [6, 6.07) is 23.1. The Morgan fingerprint density at radius 1 is 0.914 bits per heavy atom. The Kier molecular flexibility index (Phi) is 7.36. The lowest BCUT2D eigenvalue weighted by atomic mass is 10.1. The van der Waals surface area contributed by atoms with Crippen molar-refractivity contribution in [1.82, 2.24) is 19.7 Å². The van der Waals surface area contributed by atoms with Gasteiger partial charge in [-0.2, -0.15) is 5.10 Å². The Morgan fingerprint density at radius 3 is 2.49 bits per heavy atom. The first-order valence-electron chi connectivity index (χ1n) is 12.0. The molecule has 0 radical (unpaired) electrons. The van der Waals surface area contributed by atoms with Gasteiger partial charge in [0, 0.05) is 57.0 Å². The van der Waals surface area contributed by atoms with E-state index in [0.717, 1.165) is 68.8 Å². The van der Waals surface area contributed by atoms with Crippen LogP contribution in [0.1, 0.15) is 16.8 Å². The van der Waals surface area contributed by atoms with Crippen LogP contribution in [0.5, 0.6) is 5.75 Å². The van der Waals surface area contributed by atoms with Crippen molar-refractivity contribution in [3.8, 4) is 11.4 Å². The van der Waals surface area contributed by atoms with Crippen LogP contribution < -0.4 is 9.64 Å². The summed E-state index contributed by atoms with van der Waals surface area (Å²) < 4.78 is 12.9. The van der Waals surface area contributed by atoms with E-state index in [0.29, 0.717) is 0 Å². The number of aromatic nitrogens is 3. The minimum Gasteiger partial charge on any atom is -0.497 e. The summed E-state index contributed by atoms with van der Waals surface area (Å²) in [5, 5.41) is 4.39. The maximum atomic E-state index is 5.50. The number of rotatable bonds is 9. The Labute approximate surface area is 206 Å². The van der Waals surface area contributed by atoms with E-state index >= 15 is 0 Å². The first-order valence-corrected chi connectivity index (χ1v) is 12.0. The maximum absolute atomic E-state index is 5.50. The molecule has 1 saturated heterocycles. The second-order valence-corrected chi connectivity index (χ2v) is 8.72. The number of hydrogen-bond acceptors (Lipinski definition) is 6. The zero-order chi connectivity index (χ0) is 23.9. The fourth-order valence-corrected chi connectivity index (χ4v) is 4.41. The van der Waals surface area contributed by atoms with E-state index in [-0.39, 0.29) is 0 Å². The van der Waals surface area contributed by atoms with Crippen LogP contribution in [-0.4, -0.2) is 53.1 Å². The Morgan fingerprint density at radius 2 is 1.71 bits per heavy atom. The van der Waals surface area contributed by atoms with Gasteiger partial charge in [-0.15, -0.1) is 0 Å². The molecule has 0 N–H and O–H groups in total. The Balaban J connectivity index is 1.42. The second-order valence-electron chi connectivity index (χ2n) is 8.72. The lowest BCUT2D eigenvalue weighted by Gasteiger charge is -2.28. The van der Waals surface area contributed by atoms with Crippen molar-refractivity contribution < 1.29 is 9.47 Å². The summed E-state index contributed by atoms with van der Waals surface area (Å²) in [7, 11) is 1.71. The van der Waals surface area contributed by atoms with Crippen molar-refractivity contribution in [3.05, 3.63) is 102 Å². The minimum atomic E-state index is 0.754. The molecule has 1 aliphatic rings. The summed E-state index contributed by atoms with van der Waals surface area (Å²) in [5.74, 6) is 0.867. The lowest BCUT2D eigenvalue weighted by Crippen LogP contribution is -2.35. The molecule has 7 heteroatoms. The monoisotopic (exact) mass is 469 g/mol. The van der Waals surface area contributed by atoms with Gasteiger partial charge in [0.15, 0.2) is 0 Å². The minimum absolute atomic E-state index is 0.754. The van der Waals surface area contributed by atoms with Crippen molar-refractivity contribution in [3.63, 3.8) is 0 Å². The molecule has 4 aromatic rings. The molecule has 2 aromatic heterocycles. The van der Waals surface area contributed by atoms with Crippen molar-refractivity contribution in [2.45, 2.75) is 19.6 Å². The highest BCUT2D eigenvalue weighted by Gasteiger charge is 2.15. The molecule has 0 spiro atoms. The van der Waals surface area contributed by atoms with Crippen LogP contribution in [-0.2, 0) is 24.4 Å². The zero-order valence-electron chi connectivity index (χ0n) is 20.1. The van der Waals surface area contributed by atoms with Crippen molar-refractivity contribution in [2.75, 3.05) is 38.3 Å². The predicted octanol–water partition coefficient (Wildman–Crippen LogP) is 4.31. The van der Waals surface area contributed by atoms with Gasteiger partial charge in [0.2, 0.25) is 0 Å². The molecule has 0 aliphatic carbocycles. The number of ether oxygens (including phenoxy) is 2. The second kappa shape index (κ2) is 11.2. The van der Waals surface area contributed by atoms with Crippen molar-refractivity contribution in [2.24, 2.45) is 0 Å². The Bertz CT molecular complexity index is 1220. The largest absolute Gasteiger partial charge is 0.497 e. The molecule has 5 rings (SSSR count). The average Bonchev–Trinajstić information content (AvgIpc) is 3.45. The highest BCUT2D eigenvalue weighted by molar-refractivity contribution is 5.49. The molecule has 1 aliphatic heterocycles. The quantitative estimate of drug-likeness (QED) is 0.364. The standard InChI is InChI=1S/C28H31N5O2/c1-34-28-8-3-6-24(18-28)21-32(20-23-5-2-7-27(17-23)33-12-4-10-30-33)26-9-11-29-25(19-26)22-31-13-15-35-16-14-31/h2-12,17-19H,13-16,20-22H2,1H3. The summed E-state index contributed by atoms with van der Waals surface area (Å²) in [4.78, 5) is 9.45. The van der Waals surface area contributed by atoms with Crippen molar-refractivity contribution in [1.29, 1.82) is 0 Å². The van der Waals surface area contributed by atoms with Gasteiger partial charge < -0.3 is 14.4 Å². The van der Waals surface area contributed by atoms with E-state index in [1.54, 1.807) is 13.3 Å². The Hall–Kier alpha value is -3.68. The molecule has 3 heterocycles. The normalized spacial score (nSPS) is 14.1. The molecule has 0 amide bonds. The third-order valence-electron chi connectivity index (χ3n) is 6.22. The van der Waals surface area contributed by atoms with Crippen LogP contribution in [0, 0.1) is 0 Å². The van der Waals surface area contributed by atoms with E-state index < -0.39 is 0 Å². The molecule has 0 bridgehead atoms. The number of nitrogens with zero attached hydrogens (tertiary/aromatic N) is 5. The van der Waals surface area contributed by atoms with Gasteiger partial charge in [0.1, 0.15) is 5.75 Å². The topological polar surface area (TPSA) is 55.7 Å². The molecule has 0 atom stereocenters. The van der Waals surface area contributed by atoms with E-state index in [9.17, 15) is 0 Å². The third-order valence-corrected chi connectivity index (χ3v) is 6.22. The van der Waals surface area contributed by atoms with Crippen LogP contribution in [0.25, 0.3) is 5.69 Å². The highest BCUT2D eigenvalue weighted by atomic mass is 16.5. The fraction of sp³-hybridized carbons (Fsp3) is 0.286. The van der Waals surface area contributed by atoms with Crippen molar-refractivity contribution >= 4 is 5.69 Å². The van der Waals surface area contributed by atoms with Gasteiger partial charge in [0.05, 0.1) is 31.7 Å². The van der Waals surface area contributed by atoms with E-state index in [2.05, 4.69) is 68.4 Å². The molecular weight excluding hydrogens is 438 g/mol. The van der Waals surface area contributed by atoms with Crippen LogP contribution in [0.15, 0.2) is 85.3 Å². The smallest absolute Gasteiger partial charge is 0.119 e. The van der Waals surface area contributed by atoms with Crippen LogP contribution in [0.4, 0.5) is 5.69 Å². The molecule has 7 nitrogen and oxygen atoms in total. The maximum Gasteiger partial charge on any atom is 0.119 e. The first-order chi connectivity index (χ1) is 17.3. The van der Waals surface area contributed by atoms with Gasteiger partial charge in [-0.25, -0.2) is 4.68 Å². The van der Waals surface area contributed by atoms with Crippen LogP contribution >= 0.6 is 0 Å². The number of anilines is 1. The van der Waals surface area contributed by atoms with Gasteiger partial charge in [-0.05, 0) is 53.6 Å². The number of pyridine rings is 1. The molecule has 1 fully saturated rings. The number of morpholine rings is 1. The van der Waals surface area contributed by atoms with E-state index in [1.165, 1.54) is 11.1 Å². The van der Waals surface area contributed by atoms with Gasteiger partial charge >= 0.3 is 0 Å². The molecule has 2 aromatic carbocycles. The first kappa shape index (κ1) is 23.1. The number of benzene rings is 2. The molecule has 180 valence electrons. The summed E-state index contributed by atoms with van der Waals surface area (Å²) in [6.45, 7) is 5.80. The number of hydrogen-bond donors (Lipinski definition) is 0. The highest BCUT2D eigenvalue weighted by Crippen LogP contribution is 2.24. The molecule has 0 unspecified atom stereocenters. The third kappa shape index (κ3) is 6.07. The van der Waals surface area contributed by atoms with Gasteiger partial charge in [-0.3, -0.25) is 9.88 Å². The summed E-state index contributed by atoms with van der Waals surface area (Å²) >= 11 is 0. The van der Waals surface area contributed by atoms with Gasteiger partial charge in [0.25, 0.3) is 0 Å². The predicted molar refractivity (Wildman–Crippen MR) is 137 cm³/mol. The summed E-state index contributed by atoms with van der Waals surface area (Å²) in [5.41, 5.74) is 5.68. The van der Waals surface area contributed by atoms with E-state index in [1.807, 2.05) is 35.3 Å². The molecular formula is C28H31N5O2. The van der Waals surface area contributed by atoms with Crippen LogP contribution in [0.2, 0.25) is 0 Å². The average molecular weight is 470 g/mol. The number of methoxy groups -OCH3 is 1.